The predicted octanol–water partition coefficient (Wildman–Crippen LogP) is 3.76. The minimum absolute atomic E-state index is 0.137. The summed E-state index contributed by atoms with van der Waals surface area (Å²) in [4.78, 5) is 11.7. The van der Waals surface area contributed by atoms with Crippen molar-refractivity contribution in [2.75, 3.05) is 6.54 Å². The first-order chi connectivity index (χ1) is 9.02. The lowest BCUT2D eigenvalue weighted by atomic mass is 10.0. The molecule has 0 aliphatic heterocycles. The van der Waals surface area contributed by atoms with Gasteiger partial charge in [0.05, 0.1) is 0 Å². The fourth-order valence-corrected chi connectivity index (χ4v) is 2.09. The highest BCUT2D eigenvalue weighted by molar-refractivity contribution is 5.76. The lowest BCUT2D eigenvalue weighted by Crippen LogP contribution is -2.48. The van der Waals surface area contributed by atoms with Crippen molar-refractivity contribution < 1.29 is 4.79 Å². The van der Waals surface area contributed by atoms with Crippen molar-refractivity contribution in [1.82, 2.24) is 5.32 Å². The average Bonchev–Trinajstić information content (AvgIpc) is 2.36. The van der Waals surface area contributed by atoms with Crippen molar-refractivity contribution >= 4 is 5.91 Å². The van der Waals surface area contributed by atoms with Gasteiger partial charge in [0.15, 0.2) is 0 Å². The van der Waals surface area contributed by atoms with E-state index in [0.717, 1.165) is 6.42 Å². The van der Waals surface area contributed by atoms with Gasteiger partial charge in [0, 0.05) is 18.5 Å². The molecule has 3 heteroatoms. The van der Waals surface area contributed by atoms with Gasteiger partial charge in [-0.25, -0.2) is 0 Å². The summed E-state index contributed by atoms with van der Waals surface area (Å²) in [5, 5.41) is 2.97. The lowest BCUT2D eigenvalue weighted by Gasteiger charge is -2.24. The summed E-state index contributed by atoms with van der Waals surface area (Å²) < 4.78 is 0. The Morgan fingerprint density at radius 1 is 0.947 bits per heavy atom. The van der Waals surface area contributed by atoms with E-state index in [2.05, 4.69) is 12.2 Å². The molecule has 0 rings (SSSR count). The normalized spacial score (nSPS) is 11.6. The van der Waals surface area contributed by atoms with Crippen LogP contribution in [0.2, 0.25) is 0 Å². The van der Waals surface area contributed by atoms with E-state index >= 15 is 0 Å². The van der Waals surface area contributed by atoms with Crippen LogP contribution in [-0.4, -0.2) is 18.0 Å². The molecule has 3 N–H and O–H groups in total. The second kappa shape index (κ2) is 11.3. The molecule has 1 amide bonds. The van der Waals surface area contributed by atoms with Crippen LogP contribution in [-0.2, 0) is 4.79 Å². The Kier molecular flexibility index (Phi) is 10.9. The quantitative estimate of drug-likeness (QED) is 0.530. The summed E-state index contributed by atoms with van der Waals surface area (Å²) in [5.41, 5.74) is 5.32. The van der Waals surface area contributed by atoms with Gasteiger partial charge in [0.25, 0.3) is 0 Å². The Morgan fingerprint density at radius 2 is 1.42 bits per heavy atom. The van der Waals surface area contributed by atoms with Crippen molar-refractivity contribution in [2.24, 2.45) is 5.73 Å². The van der Waals surface area contributed by atoms with Gasteiger partial charge in [-0.2, -0.15) is 0 Å². The van der Waals surface area contributed by atoms with Gasteiger partial charge in [0.2, 0.25) is 5.91 Å². The van der Waals surface area contributed by atoms with E-state index in [1.807, 2.05) is 13.8 Å². The molecular weight excluding hydrogens is 236 g/mol. The van der Waals surface area contributed by atoms with E-state index in [9.17, 15) is 4.79 Å². The number of nitrogens with two attached hydrogens (primary N) is 1. The van der Waals surface area contributed by atoms with Gasteiger partial charge >= 0.3 is 0 Å². The van der Waals surface area contributed by atoms with E-state index in [0.29, 0.717) is 13.0 Å². The summed E-state index contributed by atoms with van der Waals surface area (Å²) in [6.07, 6.45) is 12.2. The Hall–Kier alpha value is -0.570. The van der Waals surface area contributed by atoms with Crippen LogP contribution in [0.5, 0.6) is 0 Å². The number of carbonyl (C=O) groups excluding carboxylic acids is 1. The number of rotatable bonds is 12. The summed E-state index contributed by atoms with van der Waals surface area (Å²) in [6.45, 7) is 6.65. The third kappa shape index (κ3) is 12.2. The zero-order valence-corrected chi connectivity index (χ0v) is 13.3. The molecule has 0 unspecified atom stereocenters. The molecule has 0 aliphatic rings. The number of nitrogens with one attached hydrogen (secondary N) is 1. The molecule has 0 heterocycles. The first-order valence-corrected chi connectivity index (χ1v) is 8.03. The molecule has 0 saturated heterocycles. The summed E-state index contributed by atoms with van der Waals surface area (Å²) >= 11 is 0. The first-order valence-electron chi connectivity index (χ1n) is 8.03. The molecule has 0 spiro atoms. The molecule has 0 bridgehead atoms. The average molecular weight is 270 g/mol. The molecule has 0 fully saturated rings. The molecule has 0 aliphatic carbocycles. The molecule has 0 atom stereocenters. The summed E-state index contributed by atoms with van der Waals surface area (Å²) in [5.74, 6) is 0.137. The highest BCUT2D eigenvalue weighted by atomic mass is 16.1. The van der Waals surface area contributed by atoms with Crippen LogP contribution in [0.1, 0.15) is 85.0 Å². The fraction of sp³-hybridized carbons (Fsp3) is 0.938. The monoisotopic (exact) mass is 270 g/mol. The molecule has 0 saturated carbocycles. The predicted molar refractivity (Wildman–Crippen MR) is 83.1 cm³/mol. The van der Waals surface area contributed by atoms with Crippen LogP contribution in [0.25, 0.3) is 0 Å². The minimum atomic E-state index is -0.267. The van der Waals surface area contributed by atoms with E-state index in [1.165, 1.54) is 51.4 Å². The van der Waals surface area contributed by atoms with E-state index in [-0.39, 0.29) is 11.4 Å². The zero-order chi connectivity index (χ0) is 14.6. The van der Waals surface area contributed by atoms with Crippen molar-refractivity contribution in [3.8, 4) is 0 Å². The first kappa shape index (κ1) is 18.4. The minimum Gasteiger partial charge on any atom is -0.350 e. The van der Waals surface area contributed by atoms with E-state index < -0.39 is 0 Å². The number of unbranched alkanes of at least 4 members (excludes halogenated alkanes) is 8. The summed E-state index contributed by atoms with van der Waals surface area (Å²) in [6, 6.07) is 0. The SMILES string of the molecule is CCCCCCCCCCCC(=O)NC(C)(C)CN. The maximum absolute atomic E-state index is 11.7. The largest absolute Gasteiger partial charge is 0.350 e. The topological polar surface area (TPSA) is 55.1 Å². The molecule has 0 aromatic carbocycles. The Morgan fingerprint density at radius 3 is 1.89 bits per heavy atom. The number of hydrogen-bond acceptors (Lipinski definition) is 2. The van der Waals surface area contributed by atoms with Gasteiger partial charge < -0.3 is 11.1 Å². The van der Waals surface area contributed by atoms with Crippen LogP contribution in [0.15, 0.2) is 0 Å². The van der Waals surface area contributed by atoms with Gasteiger partial charge in [-0.15, -0.1) is 0 Å². The Bertz CT molecular complexity index is 227. The smallest absolute Gasteiger partial charge is 0.220 e. The second-order valence-electron chi connectivity index (χ2n) is 6.21. The molecule has 0 aromatic heterocycles. The standard InChI is InChI=1S/C16H34N2O/c1-4-5-6-7-8-9-10-11-12-13-15(19)18-16(2,3)14-17/h4-14,17H2,1-3H3,(H,18,19). The third-order valence-electron chi connectivity index (χ3n) is 3.50. The number of carbonyl (C=O) groups is 1. The maximum Gasteiger partial charge on any atom is 0.220 e. The highest BCUT2D eigenvalue weighted by Crippen LogP contribution is 2.10. The van der Waals surface area contributed by atoms with Gasteiger partial charge in [-0.1, -0.05) is 58.3 Å². The molecular formula is C16H34N2O. The van der Waals surface area contributed by atoms with Crippen molar-refractivity contribution in [2.45, 2.75) is 90.5 Å². The second-order valence-corrected chi connectivity index (χ2v) is 6.21. The van der Waals surface area contributed by atoms with Crippen molar-refractivity contribution in [3.05, 3.63) is 0 Å². The molecule has 0 radical (unpaired) electrons. The van der Waals surface area contributed by atoms with Crippen LogP contribution < -0.4 is 11.1 Å². The van der Waals surface area contributed by atoms with Crippen LogP contribution >= 0.6 is 0 Å². The van der Waals surface area contributed by atoms with Crippen molar-refractivity contribution in [1.29, 1.82) is 0 Å². The van der Waals surface area contributed by atoms with Crippen LogP contribution in [0.3, 0.4) is 0 Å². The highest BCUT2D eigenvalue weighted by Gasteiger charge is 2.17. The van der Waals surface area contributed by atoms with E-state index in [4.69, 9.17) is 5.73 Å². The van der Waals surface area contributed by atoms with Crippen LogP contribution in [0, 0.1) is 0 Å². The van der Waals surface area contributed by atoms with Crippen molar-refractivity contribution in [3.63, 3.8) is 0 Å². The fourth-order valence-electron chi connectivity index (χ4n) is 2.09. The Balaban J connectivity index is 3.32. The zero-order valence-electron chi connectivity index (χ0n) is 13.3. The van der Waals surface area contributed by atoms with E-state index in [1.54, 1.807) is 0 Å². The molecule has 19 heavy (non-hydrogen) atoms. The van der Waals surface area contributed by atoms with Gasteiger partial charge in [0.1, 0.15) is 0 Å². The van der Waals surface area contributed by atoms with Gasteiger partial charge in [-0.05, 0) is 20.3 Å². The summed E-state index contributed by atoms with van der Waals surface area (Å²) in [7, 11) is 0. The number of hydrogen-bond donors (Lipinski definition) is 2. The van der Waals surface area contributed by atoms with Gasteiger partial charge in [-0.3, -0.25) is 4.79 Å². The lowest BCUT2D eigenvalue weighted by molar-refractivity contribution is -0.122. The van der Waals surface area contributed by atoms with Crippen LogP contribution in [0.4, 0.5) is 0 Å². The third-order valence-corrected chi connectivity index (χ3v) is 3.50. The Labute approximate surface area is 119 Å². The maximum atomic E-state index is 11.7. The number of amides is 1. The molecule has 0 aromatic rings. The molecule has 3 nitrogen and oxygen atoms in total. The molecule has 114 valence electrons.